The Morgan fingerprint density at radius 3 is 2.45 bits per heavy atom. The van der Waals surface area contributed by atoms with Gasteiger partial charge in [-0.15, -0.1) is 0 Å². The van der Waals surface area contributed by atoms with Crippen molar-refractivity contribution < 1.29 is 18.3 Å². The second-order valence-corrected chi connectivity index (χ2v) is 8.00. The van der Waals surface area contributed by atoms with E-state index >= 15 is 0 Å². The number of aliphatic carboxylic acids is 1. The number of carboxylic acids is 1. The maximum Gasteiger partial charge on any atom is 0.332 e. The van der Waals surface area contributed by atoms with Gasteiger partial charge in [-0.2, -0.15) is 0 Å². The van der Waals surface area contributed by atoms with Gasteiger partial charge >= 0.3 is 5.97 Å². The minimum Gasteiger partial charge on any atom is -0.479 e. The zero-order valence-electron chi connectivity index (χ0n) is 15.0. The van der Waals surface area contributed by atoms with Crippen molar-refractivity contribution in [2.75, 3.05) is 5.32 Å². The number of benzene rings is 2. The number of aromatic nitrogens is 3. The first-order chi connectivity index (χ1) is 14.0. The lowest BCUT2D eigenvalue weighted by Crippen LogP contribution is -2.26. The first kappa shape index (κ1) is 18.6. The lowest BCUT2D eigenvalue weighted by molar-refractivity contribution is -0.138. The number of nitrogens with one attached hydrogen (secondary N) is 1. The molecule has 4 aromatic rings. The van der Waals surface area contributed by atoms with Crippen molar-refractivity contribution in [1.82, 2.24) is 13.9 Å². The van der Waals surface area contributed by atoms with E-state index in [2.05, 4.69) is 15.3 Å². The van der Waals surface area contributed by atoms with E-state index in [1.165, 1.54) is 30.7 Å². The monoisotopic (exact) mass is 408 g/mol. The van der Waals surface area contributed by atoms with Crippen LogP contribution in [0.15, 0.2) is 84.1 Å². The molecule has 0 aliphatic heterocycles. The highest BCUT2D eigenvalue weighted by Crippen LogP contribution is 2.30. The summed E-state index contributed by atoms with van der Waals surface area (Å²) in [5, 5.41) is 13.2. The van der Waals surface area contributed by atoms with Crippen LogP contribution in [0.25, 0.3) is 10.9 Å². The van der Waals surface area contributed by atoms with Crippen LogP contribution in [-0.2, 0) is 14.8 Å². The van der Waals surface area contributed by atoms with Crippen LogP contribution in [0.3, 0.4) is 0 Å². The molecule has 0 amide bonds. The first-order valence-electron chi connectivity index (χ1n) is 8.65. The summed E-state index contributed by atoms with van der Waals surface area (Å²) in [5.41, 5.74) is 0.451. The number of hydrogen-bond acceptors (Lipinski definition) is 6. The Morgan fingerprint density at radius 1 is 1.03 bits per heavy atom. The summed E-state index contributed by atoms with van der Waals surface area (Å²) in [6, 6.07) is 14.9. The number of anilines is 1. The van der Waals surface area contributed by atoms with Gasteiger partial charge in [0.15, 0.2) is 6.04 Å². The molecule has 0 saturated heterocycles. The second kappa shape index (κ2) is 7.36. The zero-order chi connectivity index (χ0) is 20.4. The van der Waals surface area contributed by atoms with Crippen molar-refractivity contribution >= 4 is 32.7 Å². The number of hydrogen-bond donors (Lipinski definition) is 2. The Morgan fingerprint density at radius 2 is 1.76 bits per heavy atom. The van der Waals surface area contributed by atoms with E-state index in [9.17, 15) is 18.3 Å². The predicted molar refractivity (Wildman–Crippen MR) is 107 cm³/mol. The van der Waals surface area contributed by atoms with Crippen LogP contribution in [0.4, 0.5) is 5.82 Å². The Bertz CT molecular complexity index is 1270. The van der Waals surface area contributed by atoms with Gasteiger partial charge < -0.3 is 10.4 Å². The minimum absolute atomic E-state index is 0.0613. The molecule has 0 bridgehead atoms. The van der Waals surface area contributed by atoms with E-state index in [0.717, 1.165) is 3.97 Å². The van der Waals surface area contributed by atoms with Crippen molar-refractivity contribution in [1.29, 1.82) is 0 Å². The Labute approximate surface area is 166 Å². The number of para-hydroxylation sites is 1. The SMILES string of the molecule is O=C(O)C(Nc1cnccn1)c1cc2ccccc2n1S(=O)(=O)c1ccccc1. The summed E-state index contributed by atoms with van der Waals surface area (Å²) in [7, 11) is -4.05. The molecule has 146 valence electrons. The first-order valence-corrected chi connectivity index (χ1v) is 10.1. The second-order valence-electron chi connectivity index (χ2n) is 6.22. The molecule has 0 saturated carbocycles. The van der Waals surface area contributed by atoms with Gasteiger partial charge in [-0.1, -0.05) is 36.4 Å². The van der Waals surface area contributed by atoms with Gasteiger partial charge in [-0.3, -0.25) is 4.98 Å². The molecule has 8 nitrogen and oxygen atoms in total. The summed E-state index contributed by atoms with van der Waals surface area (Å²) in [5.74, 6) is -1.03. The summed E-state index contributed by atoms with van der Waals surface area (Å²) >= 11 is 0. The molecule has 0 spiro atoms. The molecule has 2 N–H and O–H groups in total. The highest BCUT2D eigenvalue weighted by atomic mass is 32.2. The van der Waals surface area contributed by atoms with Gasteiger partial charge in [0, 0.05) is 17.8 Å². The highest BCUT2D eigenvalue weighted by molar-refractivity contribution is 7.90. The molecule has 4 rings (SSSR count). The molecule has 2 aromatic carbocycles. The van der Waals surface area contributed by atoms with E-state index in [0.29, 0.717) is 10.9 Å². The fourth-order valence-electron chi connectivity index (χ4n) is 3.10. The third kappa shape index (κ3) is 3.43. The standard InChI is InChI=1S/C20H16N4O4S/c25-20(26)19(23-18-13-21-10-11-22-18)17-12-14-6-4-5-9-16(14)24(17)29(27,28)15-7-2-1-3-8-15/h1-13,19H,(H,22,23)(H,25,26). The highest BCUT2D eigenvalue weighted by Gasteiger charge is 2.31. The van der Waals surface area contributed by atoms with Gasteiger partial charge in [0.1, 0.15) is 5.82 Å². The van der Waals surface area contributed by atoms with E-state index in [-0.39, 0.29) is 16.4 Å². The predicted octanol–water partition coefficient (Wildman–Crippen LogP) is 2.91. The molecular weight excluding hydrogens is 392 g/mol. The largest absolute Gasteiger partial charge is 0.479 e. The van der Waals surface area contributed by atoms with Crippen LogP contribution in [-0.4, -0.2) is 33.4 Å². The van der Waals surface area contributed by atoms with Crippen molar-refractivity contribution in [3.63, 3.8) is 0 Å². The van der Waals surface area contributed by atoms with Crippen molar-refractivity contribution in [2.24, 2.45) is 0 Å². The molecular formula is C20H16N4O4S. The van der Waals surface area contributed by atoms with Crippen molar-refractivity contribution in [3.05, 3.63) is 84.9 Å². The Balaban J connectivity index is 1.95. The molecule has 2 aromatic heterocycles. The average molecular weight is 408 g/mol. The van der Waals surface area contributed by atoms with Gasteiger partial charge in [-0.05, 0) is 24.3 Å². The van der Waals surface area contributed by atoms with Crippen LogP contribution in [0.1, 0.15) is 11.7 Å². The fourth-order valence-corrected chi connectivity index (χ4v) is 4.67. The van der Waals surface area contributed by atoms with Crippen LogP contribution in [0.2, 0.25) is 0 Å². The van der Waals surface area contributed by atoms with Crippen molar-refractivity contribution in [3.8, 4) is 0 Å². The van der Waals surface area contributed by atoms with Gasteiger partial charge in [-0.25, -0.2) is 22.2 Å². The maximum absolute atomic E-state index is 13.4. The van der Waals surface area contributed by atoms with Crippen molar-refractivity contribution in [2.45, 2.75) is 10.9 Å². The molecule has 1 unspecified atom stereocenters. The zero-order valence-corrected chi connectivity index (χ0v) is 15.8. The molecule has 0 radical (unpaired) electrons. The Hall–Kier alpha value is -3.72. The topological polar surface area (TPSA) is 114 Å². The van der Waals surface area contributed by atoms with E-state index < -0.39 is 22.0 Å². The van der Waals surface area contributed by atoms with E-state index in [1.807, 2.05) is 0 Å². The van der Waals surface area contributed by atoms with E-state index in [4.69, 9.17) is 0 Å². The summed E-state index contributed by atoms with van der Waals surface area (Å²) in [4.78, 5) is 20.1. The van der Waals surface area contributed by atoms with Crippen LogP contribution < -0.4 is 5.32 Å². The Kier molecular flexibility index (Phi) is 4.73. The molecule has 0 aliphatic carbocycles. The molecule has 2 heterocycles. The number of fused-ring (bicyclic) bond motifs is 1. The van der Waals surface area contributed by atoms with E-state index in [1.54, 1.807) is 48.5 Å². The molecule has 0 aliphatic rings. The number of nitrogens with zero attached hydrogens (tertiary/aromatic N) is 3. The van der Waals surface area contributed by atoms with Crippen LogP contribution in [0.5, 0.6) is 0 Å². The fraction of sp³-hybridized carbons (Fsp3) is 0.0500. The summed E-state index contributed by atoms with van der Waals surface area (Å²) in [6.07, 6.45) is 4.24. The smallest absolute Gasteiger partial charge is 0.332 e. The molecule has 29 heavy (non-hydrogen) atoms. The third-order valence-corrected chi connectivity index (χ3v) is 6.13. The third-order valence-electron chi connectivity index (χ3n) is 4.37. The van der Waals surface area contributed by atoms with Crippen LogP contribution >= 0.6 is 0 Å². The summed E-state index contributed by atoms with van der Waals surface area (Å²) < 4.78 is 27.9. The quantitative estimate of drug-likeness (QED) is 0.504. The molecule has 9 heteroatoms. The maximum atomic E-state index is 13.4. The van der Waals surface area contributed by atoms with Gasteiger partial charge in [0.2, 0.25) is 0 Å². The van der Waals surface area contributed by atoms with Gasteiger partial charge in [0.25, 0.3) is 10.0 Å². The normalized spacial score (nSPS) is 12.6. The lowest BCUT2D eigenvalue weighted by Gasteiger charge is -2.18. The minimum atomic E-state index is -4.05. The lowest BCUT2D eigenvalue weighted by atomic mass is 10.2. The number of rotatable bonds is 6. The van der Waals surface area contributed by atoms with Gasteiger partial charge in [0.05, 0.1) is 22.3 Å². The number of carboxylic acid groups (broad SMARTS) is 1. The van der Waals surface area contributed by atoms with Crippen LogP contribution in [0, 0.1) is 0 Å². The summed E-state index contributed by atoms with van der Waals surface area (Å²) in [6.45, 7) is 0. The molecule has 0 fully saturated rings. The molecule has 1 atom stereocenters. The number of carbonyl (C=O) groups is 1. The average Bonchev–Trinajstić information content (AvgIpc) is 3.13.